The average molecular weight is 308 g/mol. The molecule has 0 aromatic carbocycles. The van der Waals surface area contributed by atoms with Gasteiger partial charge in [-0.1, -0.05) is 0 Å². The summed E-state index contributed by atoms with van der Waals surface area (Å²) in [5, 5.41) is 10.7. The first-order chi connectivity index (χ1) is 9.18. The molecule has 1 spiro atoms. The lowest BCUT2D eigenvalue weighted by Crippen LogP contribution is -2.62. The zero-order chi connectivity index (χ0) is 13.9. The molecule has 2 aliphatic rings. The van der Waals surface area contributed by atoms with Gasteiger partial charge in [0.15, 0.2) is 0 Å². The largest absolute Gasteiger partial charge is 0.390 e. The molecule has 19 heavy (non-hydrogen) atoms. The number of hydrogen-bond donors (Lipinski definition) is 1. The van der Waals surface area contributed by atoms with Gasteiger partial charge in [0.1, 0.15) is 6.10 Å². The summed E-state index contributed by atoms with van der Waals surface area (Å²) in [6, 6.07) is 0. The highest BCUT2D eigenvalue weighted by Gasteiger charge is 2.59. The molecule has 6 heteroatoms. The minimum Gasteiger partial charge on any atom is -0.390 e. The van der Waals surface area contributed by atoms with E-state index in [0.29, 0.717) is 6.61 Å². The molecular formula is C13H24O4S2. The summed E-state index contributed by atoms with van der Waals surface area (Å²) >= 11 is 3.96. The highest BCUT2D eigenvalue weighted by Crippen LogP contribution is 2.61. The summed E-state index contributed by atoms with van der Waals surface area (Å²) in [6.07, 6.45) is 1.57. The van der Waals surface area contributed by atoms with E-state index in [2.05, 4.69) is 0 Å². The first-order valence-corrected chi connectivity index (χ1v) is 8.66. The van der Waals surface area contributed by atoms with Gasteiger partial charge in [-0.15, -0.1) is 23.5 Å². The molecule has 1 aliphatic carbocycles. The number of methoxy groups -OCH3 is 3. The zero-order valence-corrected chi connectivity index (χ0v) is 13.5. The Balaban J connectivity index is 2.08. The molecule has 0 radical (unpaired) electrons. The second-order valence-corrected chi connectivity index (χ2v) is 8.20. The molecule has 1 saturated heterocycles. The second-order valence-electron chi connectivity index (χ2n) is 5.09. The van der Waals surface area contributed by atoms with E-state index in [1.807, 2.05) is 23.5 Å². The van der Waals surface area contributed by atoms with Crippen LogP contribution in [-0.2, 0) is 14.2 Å². The van der Waals surface area contributed by atoms with Crippen molar-refractivity contribution in [2.45, 2.75) is 35.2 Å². The van der Waals surface area contributed by atoms with Crippen LogP contribution >= 0.6 is 23.5 Å². The topological polar surface area (TPSA) is 47.9 Å². The monoisotopic (exact) mass is 308 g/mol. The third kappa shape index (κ3) is 3.09. The summed E-state index contributed by atoms with van der Waals surface area (Å²) in [4.78, 5) is 0. The lowest BCUT2D eigenvalue weighted by Gasteiger charge is -2.57. The number of thioether (sulfide) groups is 2. The average Bonchev–Trinajstić information content (AvgIpc) is 2.43. The lowest BCUT2D eigenvalue weighted by molar-refractivity contribution is -0.135. The molecule has 1 saturated carbocycles. The summed E-state index contributed by atoms with van der Waals surface area (Å²) in [5.41, 5.74) is 0. The zero-order valence-electron chi connectivity index (χ0n) is 11.8. The van der Waals surface area contributed by atoms with Crippen LogP contribution in [0, 0.1) is 5.92 Å². The lowest BCUT2D eigenvalue weighted by atomic mass is 9.74. The number of rotatable bonds is 6. The predicted molar refractivity (Wildman–Crippen MR) is 79.8 cm³/mol. The van der Waals surface area contributed by atoms with E-state index in [9.17, 15) is 5.11 Å². The fourth-order valence-electron chi connectivity index (χ4n) is 2.98. The maximum atomic E-state index is 10.7. The maximum absolute atomic E-state index is 10.7. The fraction of sp³-hybridized carbons (Fsp3) is 1.00. The van der Waals surface area contributed by atoms with Gasteiger partial charge in [-0.05, 0) is 24.3 Å². The summed E-state index contributed by atoms with van der Waals surface area (Å²) < 4.78 is 16.2. The van der Waals surface area contributed by atoms with Crippen molar-refractivity contribution in [2.75, 3.05) is 39.4 Å². The van der Waals surface area contributed by atoms with Crippen LogP contribution in [0.5, 0.6) is 0 Å². The molecule has 1 heterocycles. The van der Waals surface area contributed by atoms with Crippen molar-refractivity contribution in [3.05, 3.63) is 0 Å². The third-order valence-corrected chi connectivity index (χ3v) is 7.61. The van der Waals surface area contributed by atoms with Crippen molar-refractivity contribution >= 4 is 23.5 Å². The molecule has 0 aromatic heterocycles. The normalized spacial score (nSPS) is 32.8. The van der Waals surface area contributed by atoms with Crippen LogP contribution in [0.4, 0.5) is 0 Å². The van der Waals surface area contributed by atoms with E-state index in [1.54, 1.807) is 21.3 Å². The Labute approximate surface area is 123 Å². The number of hydrogen-bond acceptors (Lipinski definition) is 6. The second kappa shape index (κ2) is 7.00. The van der Waals surface area contributed by atoms with Gasteiger partial charge >= 0.3 is 0 Å². The van der Waals surface area contributed by atoms with Crippen molar-refractivity contribution in [3.8, 4) is 0 Å². The number of ether oxygens (including phenoxy) is 3. The SMILES string of the molecule is COC[C@@H](OC)[C@@H](O)[C@H]1[C@H](OC)CC12SCCCS2. The Bertz CT molecular complexity index is 284. The van der Waals surface area contributed by atoms with Gasteiger partial charge in [0.25, 0.3) is 0 Å². The van der Waals surface area contributed by atoms with Gasteiger partial charge in [-0.3, -0.25) is 0 Å². The molecule has 0 unspecified atom stereocenters. The molecule has 2 fully saturated rings. The van der Waals surface area contributed by atoms with Crippen LogP contribution in [-0.4, -0.2) is 66.9 Å². The van der Waals surface area contributed by atoms with Crippen molar-refractivity contribution in [1.29, 1.82) is 0 Å². The Morgan fingerprint density at radius 3 is 2.47 bits per heavy atom. The fourth-order valence-corrected chi connectivity index (χ4v) is 6.79. The van der Waals surface area contributed by atoms with E-state index in [4.69, 9.17) is 14.2 Å². The van der Waals surface area contributed by atoms with Gasteiger partial charge in [-0.25, -0.2) is 0 Å². The first-order valence-electron chi connectivity index (χ1n) is 6.69. The molecule has 112 valence electrons. The summed E-state index contributed by atoms with van der Waals surface area (Å²) in [7, 11) is 4.99. The van der Waals surface area contributed by atoms with Crippen LogP contribution in [0.3, 0.4) is 0 Å². The molecular weight excluding hydrogens is 284 g/mol. The van der Waals surface area contributed by atoms with Gasteiger partial charge in [0.05, 0.1) is 22.9 Å². The minimum atomic E-state index is -0.540. The van der Waals surface area contributed by atoms with E-state index in [0.717, 1.165) is 6.42 Å². The molecule has 0 amide bonds. The van der Waals surface area contributed by atoms with Gasteiger partial charge in [0.2, 0.25) is 0 Å². The van der Waals surface area contributed by atoms with Crippen molar-refractivity contribution < 1.29 is 19.3 Å². The minimum absolute atomic E-state index is 0.114. The van der Waals surface area contributed by atoms with E-state index in [-0.39, 0.29) is 22.2 Å². The Hall–Kier alpha value is 0.540. The molecule has 1 aliphatic heterocycles. The highest BCUT2D eigenvalue weighted by atomic mass is 32.2. The molecule has 1 N–H and O–H groups in total. The van der Waals surface area contributed by atoms with Crippen LogP contribution < -0.4 is 0 Å². The Kier molecular flexibility index (Phi) is 5.87. The number of aliphatic hydroxyl groups is 1. The van der Waals surface area contributed by atoms with Crippen molar-refractivity contribution in [2.24, 2.45) is 5.92 Å². The van der Waals surface area contributed by atoms with Crippen LogP contribution in [0.1, 0.15) is 12.8 Å². The van der Waals surface area contributed by atoms with Gasteiger partial charge in [0, 0.05) is 27.2 Å². The highest BCUT2D eigenvalue weighted by molar-refractivity contribution is 8.18. The maximum Gasteiger partial charge on any atom is 0.107 e. The van der Waals surface area contributed by atoms with Crippen molar-refractivity contribution in [1.82, 2.24) is 0 Å². The third-order valence-electron chi connectivity index (χ3n) is 4.06. The van der Waals surface area contributed by atoms with Crippen LogP contribution in [0.15, 0.2) is 0 Å². The molecule has 0 bridgehead atoms. The van der Waals surface area contributed by atoms with Gasteiger partial charge in [-0.2, -0.15) is 0 Å². The molecule has 0 aromatic rings. The summed E-state index contributed by atoms with van der Waals surface area (Å²) in [5.74, 6) is 2.47. The Morgan fingerprint density at radius 2 is 1.95 bits per heavy atom. The smallest absolute Gasteiger partial charge is 0.107 e. The van der Waals surface area contributed by atoms with E-state index >= 15 is 0 Å². The standard InChI is InChI=1S/C13H24O4S2/c1-15-8-10(17-3)12(14)11-9(16-2)7-13(11)18-5-4-6-19-13/h9-12,14H,4-8H2,1-3H3/t9-,10-,11-,12-/m1/s1. The first kappa shape index (κ1) is 15.9. The molecule has 4 nitrogen and oxygen atoms in total. The van der Waals surface area contributed by atoms with Crippen molar-refractivity contribution in [3.63, 3.8) is 0 Å². The van der Waals surface area contributed by atoms with E-state index in [1.165, 1.54) is 17.9 Å². The van der Waals surface area contributed by atoms with Gasteiger partial charge < -0.3 is 19.3 Å². The molecule has 4 atom stereocenters. The predicted octanol–water partition coefficient (Wildman–Crippen LogP) is 1.61. The summed E-state index contributed by atoms with van der Waals surface area (Å²) in [6.45, 7) is 0.413. The van der Waals surface area contributed by atoms with E-state index < -0.39 is 6.10 Å². The quantitative estimate of drug-likeness (QED) is 0.804. The van der Waals surface area contributed by atoms with Crippen LogP contribution in [0.25, 0.3) is 0 Å². The number of aliphatic hydroxyl groups excluding tert-OH is 1. The molecule has 2 rings (SSSR count). The Morgan fingerprint density at radius 1 is 1.26 bits per heavy atom. The van der Waals surface area contributed by atoms with Crippen LogP contribution in [0.2, 0.25) is 0 Å².